The lowest BCUT2D eigenvalue weighted by Gasteiger charge is -2.20. The zero-order valence-electron chi connectivity index (χ0n) is 11.8. The Hall–Kier alpha value is -2.32. The average Bonchev–Trinajstić information content (AvgIpc) is 3.03. The van der Waals surface area contributed by atoms with E-state index in [1.807, 2.05) is 24.4 Å². The van der Waals surface area contributed by atoms with Gasteiger partial charge in [-0.25, -0.2) is 0 Å². The van der Waals surface area contributed by atoms with Crippen LogP contribution in [0.15, 0.2) is 41.8 Å². The van der Waals surface area contributed by atoms with Crippen molar-refractivity contribution in [3.8, 4) is 11.8 Å². The van der Waals surface area contributed by atoms with Gasteiger partial charge in [-0.05, 0) is 30.5 Å². The molecule has 0 saturated heterocycles. The highest BCUT2D eigenvalue weighted by Crippen LogP contribution is 2.17. The number of likely N-dealkylation sites (N-methyl/N-ethyl adjacent to an activating group) is 1. The molecule has 108 valence electrons. The van der Waals surface area contributed by atoms with E-state index in [0.29, 0.717) is 24.4 Å². The predicted octanol–water partition coefficient (Wildman–Crippen LogP) is 3.05. The second kappa shape index (κ2) is 7.46. The van der Waals surface area contributed by atoms with Crippen LogP contribution >= 0.6 is 11.3 Å². The van der Waals surface area contributed by atoms with Gasteiger partial charge < -0.3 is 9.64 Å². The molecule has 0 radical (unpaired) electrons. The van der Waals surface area contributed by atoms with Crippen molar-refractivity contribution in [1.82, 2.24) is 4.90 Å². The summed E-state index contributed by atoms with van der Waals surface area (Å²) < 4.78 is 5.48. The van der Waals surface area contributed by atoms with Crippen LogP contribution in [-0.2, 0) is 11.3 Å². The molecule has 0 aliphatic heterocycles. The van der Waals surface area contributed by atoms with Crippen molar-refractivity contribution in [1.29, 1.82) is 5.26 Å². The largest absolute Gasteiger partial charge is 0.482 e. The minimum Gasteiger partial charge on any atom is -0.482 e. The van der Waals surface area contributed by atoms with E-state index in [4.69, 9.17) is 10.00 Å². The van der Waals surface area contributed by atoms with Crippen LogP contribution in [0.4, 0.5) is 0 Å². The smallest absolute Gasteiger partial charge is 0.260 e. The summed E-state index contributed by atoms with van der Waals surface area (Å²) in [5.74, 6) is 0.360. The van der Waals surface area contributed by atoms with Crippen molar-refractivity contribution in [2.45, 2.75) is 13.5 Å². The summed E-state index contributed by atoms with van der Waals surface area (Å²) in [6.45, 7) is 3.10. The predicted molar refractivity (Wildman–Crippen MR) is 82.1 cm³/mol. The average molecular weight is 300 g/mol. The lowest BCUT2D eigenvalue weighted by molar-refractivity contribution is -0.133. The molecular weight excluding hydrogens is 284 g/mol. The molecule has 0 unspecified atom stereocenters. The summed E-state index contributed by atoms with van der Waals surface area (Å²) >= 11 is 1.63. The van der Waals surface area contributed by atoms with E-state index in [2.05, 4.69) is 6.07 Å². The number of benzene rings is 1. The number of carbonyl (C=O) groups is 1. The van der Waals surface area contributed by atoms with Crippen LogP contribution in [-0.4, -0.2) is 24.0 Å². The molecule has 0 bridgehead atoms. The van der Waals surface area contributed by atoms with E-state index in [1.54, 1.807) is 40.5 Å². The number of para-hydroxylation sites is 1. The molecular formula is C16H16N2O2S. The van der Waals surface area contributed by atoms with Gasteiger partial charge in [-0.2, -0.15) is 5.26 Å². The van der Waals surface area contributed by atoms with Gasteiger partial charge in [0.15, 0.2) is 6.61 Å². The topological polar surface area (TPSA) is 53.3 Å². The van der Waals surface area contributed by atoms with E-state index in [9.17, 15) is 4.79 Å². The van der Waals surface area contributed by atoms with Gasteiger partial charge in [0, 0.05) is 11.4 Å². The molecule has 0 fully saturated rings. The maximum atomic E-state index is 12.2. The van der Waals surface area contributed by atoms with Crippen molar-refractivity contribution in [3.05, 3.63) is 52.2 Å². The standard InChI is InChI=1S/C16H16N2O2S/c1-2-18(11-14-7-5-9-21-14)16(19)12-20-15-8-4-3-6-13(15)10-17/h3-9H,2,11-12H2,1H3. The number of rotatable bonds is 6. The minimum atomic E-state index is -0.0846. The second-order valence-electron chi connectivity index (χ2n) is 4.38. The van der Waals surface area contributed by atoms with E-state index < -0.39 is 0 Å². The number of carbonyl (C=O) groups excluding carboxylic acids is 1. The monoisotopic (exact) mass is 300 g/mol. The molecule has 0 spiro atoms. The van der Waals surface area contributed by atoms with E-state index in [-0.39, 0.29) is 12.5 Å². The minimum absolute atomic E-state index is 0.0576. The fourth-order valence-corrected chi connectivity index (χ4v) is 2.60. The van der Waals surface area contributed by atoms with Crippen molar-refractivity contribution in [2.75, 3.05) is 13.2 Å². The molecule has 2 aromatic rings. The first-order valence-corrected chi connectivity index (χ1v) is 7.54. The van der Waals surface area contributed by atoms with E-state index in [0.717, 1.165) is 4.88 Å². The molecule has 5 heteroatoms. The highest BCUT2D eigenvalue weighted by molar-refractivity contribution is 7.09. The summed E-state index contributed by atoms with van der Waals surface area (Å²) in [6.07, 6.45) is 0. The number of nitriles is 1. The highest BCUT2D eigenvalue weighted by atomic mass is 32.1. The van der Waals surface area contributed by atoms with Gasteiger partial charge in [-0.1, -0.05) is 18.2 Å². The lowest BCUT2D eigenvalue weighted by atomic mass is 10.2. The molecule has 1 amide bonds. The second-order valence-corrected chi connectivity index (χ2v) is 5.42. The van der Waals surface area contributed by atoms with Gasteiger partial charge >= 0.3 is 0 Å². The van der Waals surface area contributed by atoms with Gasteiger partial charge in [0.25, 0.3) is 5.91 Å². The van der Waals surface area contributed by atoms with Crippen LogP contribution in [0.1, 0.15) is 17.4 Å². The van der Waals surface area contributed by atoms with E-state index >= 15 is 0 Å². The summed E-state index contributed by atoms with van der Waals surface area (Å²) in [7, 11) is 0. The number of nitrogens with zero attached hydrogens (tertiary/aromatic N) is 2. The van der Waals surface area contributed by atoms with Gasteiger partial charge in [0.1, 0.15) is 11.8 Å². The van der Waals surface area contributed by atoms with Gasteiger partial charge in [0.2, 0.25) is 0 Å². The number of thiophene rings is 1. The normalized spacial score (nSPS) is 9.90. The van der Waals surface area contributed by atoms with Crippen molar-refractivity contribution >= 4 is 17.2 Å². The summed E-state index contributed by atoms with van der Waals surface area (Å²) in [6, 6.07) is 12.9. The molecule has 0 aliphatic rings. The molecule has 1 heterocycles. The fraction of sp³-hybridized carbons (Fsp3) is 0.250. The van der Waals surface area contributed by atoms with Crippen LogP contribution in [0.25, 0.3) is 0 Å². The summed E-state index contributed by atoms with van der Waals surface area (Å²) in [5, 5.41) is 11.0. The first-order valence-electron chi connectivity index (χ1n) is 6.66. The van der Waals surface area contributed by atoms with Crippen LogP contribution in [0.5, 0.6) is 5.75 Å². The Morgan fingerprint density at radius 3 is 2.81 bits per heavy atom. The number of ether oxygens (including phenoxy) is 1. The lowest BCUT2D eigenvalue weighted by Crippen LogP contribution is -2.34. The van der Waals surface area contributed by atoms with Gasteiger partial charge in [-0.3, -0.25) is 4.79 Å². The van der Waals surface area contributed by atoms with Gasteiger partial charge in [0.05, 0.1) is 12.1 Å². The Labute approximate surface area is 128 Å². The van der Waals surface area contributed by atoms with Crippen LogP contribution in [0.2, 0.25) is 0 Å². The summed E-state index contributed by atoms with van der Waals surface area (Å²) in [5.41, 5.74) is 0.437. The fourth-order valence-electron chi connectivity index (χ4n) is 1.88. The Balaban J connectivity index is 1.95. The SMILES string of the molecule is CCN(Cc1cccs1)C(=O)COc1ccccc1C#N. The number of hydrogen-bond donors (Lipinski definition) is 0. The first-order chi connectivity index (χ1) is 10.2. The maximum Gasteiger partial charge on any atom is 0.260 e. The maximum absolute atomic E-state index is 12.2. The highest BCUT2D eigenvalue weighted by Gasteiger charge is 2.14. The van der Waals surface area contributed by atoms with Gasteiger partial charge in [-0.15, -0.1) is 11.3 Å². The van der Waals surface area contributed by atoms with Crippen molar-refractivity contribution < 1.29 is 9.53 Å². The molecule has 0 atom stereocenters. The molecule has 4 nitrogen and oxygen atoms in total. The Morgan fingerprint density at radius 1 is 1.33 bits per heavy atom. The third kappa shape index (κ3) is 4.07. The van der Waals surface area contributed by atoms with Crippen molar-refractivity contribution in [2.24, 2.45) is 0 Å². The molecule has 0 N–H and O–H groups in total. The van der Waals surface area contributed by atoms with Crippen molar-refractivity contribution in [3.63, 3.8) is 0 Å². The quantitative estimate of drug-likeness (QED) is 0.824. The molecule has 1 aromatic heterocycles. The van der Waals surface area contributed by atoms with Crippen LogP contribution in [0.3, 0.4) is 0 Å². The first kappa shape index (κ1) is 15.1. The summed E-state index contributed by atoms with van der Waals surface area (Å²) in [4.78, 5) is 15.1. The zero-order chi connectivity index (χ0) is 15.1. The van der Waals surface area contributed by atoms with E-state index in [1.165, 1.54) is 0 Å². The Kier molecular flexibility index (Phi) is 5.35. The number of hydrogen-bond acceptors (Lipinski definition) is 4. The molecule has 0 aliphatic carbocycles. The van der Waals surface area contributed by atoms with Crippen LogP contribution < -0.4 is 4.74 Å². The zero-order valence-corrected chi connectivity index (χ0v) is 12.6. The molecule has 2 rings (SSSR count). The Bertz CT molecular complexity index is 632. The molecule has 21 heavy (non-hydrogen) atoms. The van der Waals surface area contributed by atoms with Crippen LogP contribution in [0, 0.1) is 11.3 Å². The third-order valence-electron chi connectivity index (χ3n) is 3.02. The number of amides is 1. The third-order valence-corrected chi connectivity index (χ3v) is 3.88. The Morgan fingerprint density at radius 2 is 2.14 bits per heavy atom. The molecule has 0 saturated carbocycles. The molecule has 1 aromatic carbocycles.